The predicted molar refractivity (Wildman–Crippen MR) is 63.6 cm³/mol. The van der Waals surface area contributed by atoms with E-state index < -0.39 is 6.08 Å². The van der Waals surface area contributed by atoms with Crippen LogP contribution in [-0.4, -0.2) is 9.97 Å². The van der Waals surface area contributed by atoms with Crippen molar-refractivity contribution in [1.82, 2.24) is 9.97 Å². The molecule has 0 aromatic carbocycles. The summed E-state index contributed by atoms with van der Waals surface area (Å²) in [5.74, 6) is 0.482. The standard InChI is InChI=1S/C11H10FN3S/c1-4-7-8(5-2)16-9-6(3)13-11(12)15-10(9)14-7/h4-5H,1-2H2,3H3,(H,13,14,15). The molecule has 2 rings (SSSR count). The quantitative estimate of drug-likeness (QED) is 0.799. The zero-order valence-corrected chi connectivity index (χ0v) is 9.57. The van der Waals surface area contributed by atoms with E-state index in [1.165, 1.54) is 11.8 Å². The van der Waals surface area contributed by atoms with Crippen molar-refractivity contribution in [3.8, 4) is 0 Å². The topological polar surface area (TPSA) is 37.8 Å². The number of aromatic nitrogens is 2. The number of anilines is 1. The van der Waals surface area contributed by atoms with Gasteiger partial charge < -0.3 is 5.32 Å². The van der Waals surface area contributed by atoms with Crippen molar-refractivity contribution in [3.05, 3.63) is 47.7 Å². The number of rotatable bonds is 2. The van der Waals surface area contributed by atoms with Gasteiger partial charge in [0.1, 0.15) is 0 Å². The smallest absolute Gasteiger partial charge is 0.310 e. The Labute approximate surface area is 97.2 Å². The second-order valence-corrected chi connectivity index (χ2v) is 4.22. The first-order valence-electron chi connectivity index (χ1n) is 4.64. The van der Waals surface area contributed by atoms with E-state index >= 15 is 0 Å². The van der Waals surface area contributed by atoms with E-state index in [1.54, 1.807) is 19.1 Å². The summed E-state index contributed by atoms with van der Waals surface area (Å²) in [6.45, 7) is 9.15. The van der Waals surface area contributed by atoms with E-state index in [9.17, 15) is 4.39 Å². The minimum Gasteiger partial charge on any atom is -0.338 e. The summed E-state index contributed by atoms with van der Waals surface area (Å²) in [7, 11) is 0. The lowest BCUT2D eigenvalue weighted by Crippen LogP contribution is -2.10. The Balaban J connectivity index is 2.54. The Hall–Kier alpha value is -1.62. The highest BCUT2D eigenvalue weighted by molar-refractivity contribution is 8.03. The fraction of sp³-hybridized carbons (Fsp3) is 0.0909. The molecule has 1 aliphatic heterocycles. The second-order valence-electron chi connectivity index (χ2n) is 3.17. The lowest BCUT2D eigenvalue weighted by Gasteiger charge is -2.20. The Morgan fingerprint density at radius 2 is 2.06 bits per heavy atom. The van der Waals surface area contributed by atoms with Gasteiger partial charge in [0.05, 0.1) is 16.3 Å². The zero-order chi connectivity index (χ0) is 11.7. The van der Waals surface area contributed by atoms with Crippen LogP contribution in [0.1, 0.15) is 5.69 Å². The van der Waals surface area contributed by atoms with Gasteiger partial charge in [-0.2, -0.15) is 9.37 Å². The molecule has 0 amide bonds. The molecule has 0 atom stereocenters. The van der Waals surface area contributed by atoms with Crippen LogP contribution in [-0.2, 0) is 0 Å². The van der Waals surface area contributed by atoms with Gasteiger partial charge in [0.15, 0.2) is 5.82 Å². The SMILES string of the molecule is C=CC1=C(C=C)Sc2c(C)nc(F)nc2N1. The number of nitrogens with one attached hydrogen (secondary N) is 1. The third kappa shape index (κ3) is 1.74. The highest BCUT2D eigenvalue weighted by Gasteiger charge is 2.20. The normalized spacial score (nSPS) is 14.1. The van der Waals surface area contributed by atoms with Gasteiger partial charge >= 0.3 is 6.08 Å². The van der Waals surface area contributed by atoms with E-state index in [1.807, 2.05) is 0 Å². The molecule has 2 heterocycles. The summed E-state index contributed by atoms with van der Waals surface area (Å²) >= 11 is 1.46. The molecule has 0 unspecified atom stereocenters. The van der Waals surface area contributed by atoms with Crippen molar-refractivity contribution < 1.29 is 4.39 Å². The summed E-state index contributed by atoms with van der Waals surface area (Å²) in [6, 6.07) is 0. The number of fused-ring (bicyclic) bond motifs is 1. The minimum atomic E-state index is -0.727. The average molecular weight is 235 g/mol. The number of hydrogen-bond acceptors (Lipinski definition) is 4. The highest BCUT2D eigenvalue weighted by atomic mass is 32.2. The maximum atomic E-state index is 13.0. The summed E-state index contributed by atoms with van der Waals surface area (Å²) in [4.78, 5) is 9.15. The van der Waals surface area contributed by atoms with Gasteiger partial charge in [0.2, 0.25) is 0 Å². The summed E-state index contributed by atoms with van der Waals surface area (Å²) in [5.41, 5.74) is 1.40. The van der Waals surface area contributed by atoms with Gasteiger partial charge in [-0.15, -0.1) is 0 Å². The first kappa shape index (κ1) is 10.9. The first-order valence-corrected chi connectivity index (χ1v) is 5.45. The van der Waals surface area contributed by atoms with E-state index in [4.69, 9.17) is 0 Å². The molecule has 16 heavy (non-hydrogen) atoms. The monoisotopic (exact) mass is 235 g/mol. The lowest BCUT2D eigenvalue weighted by molar-refractivity contribution is 0.532. The average Bonchev–Trinajstić information content (AvgIpc) is 2.27. The lowest BCUT2D eigenvalue weighted by atomic mass is 10.3. The predicted octanol–water partition coefficient (Wildman–Crippen LogP) is 3.03. The van der Waals surface area contributed by atoms with E-state index in [0.29, 0.717) is 11.5 Å². The number of aryl methyl sites for hydroxylation is 1. The summed E-state index contributed by atoms with van der Waals surface area (Å²) in [5, 5.41) is 3.01. The maximum Gasteiger partial charge on any atom is 0.310 e. The third-order valence-electron chi connectivity index (χ3n) is 2.13. The molecule has 5 heteroatoms. The number of nitrogens with zero attached hydrogens (tertiary/aromatic N) is 2. The molecule has 0 bridgehead atoms. The molecule has 1 N–H and O–H groups in total. The second kappa shape index (κ2) is 4.09. The van der Waals surface area contributed by atoms with Crippen LogP contribution in [0.5, 0.6) is 0 Å². The maximum absolute atomic E-state index is 13.0. The van der Waals surface area contributed by atoms with Gasteiger partial charge in [-0.25, -0.2) is 4.98 Å². The van der Waals surface area contributed by atoms with Crippen molar-refractivity contribution in [3.63, 3.8) is 0 Å². The van der Waals surface area contributed by atoms with Crippen LogP contribution in [0.3, 0.4) is 0 Å². The van der Waals surface area contributed by atoms with Crippen LogP contribution < -0.4 is 5.32 Å². The molecule has 0 fully saturated rings. The molecule has 0 aliphatic carbocycles. The molecule has 1 aliphatic rings. The Morgan fingerprint density at radius 3 is 2.69 bits per heavy atom. The third-order valence-corrected chi connectivity index (χ3v) is 3.43. The Bertz CT molecular complexity index is 508. The summed E-state index contributed by atoms with van der Waals surface area (Å²) < 4.78 is 13.0. The van der Waals surface area contributed by atoms with Crippen LogP contribution >= 0.6 is 11.8 Å². The Morgan fingerprint density at radius 1 is 1.31 bits per heavy atom. The van der Waals surface area contributed by atoms with Gasteiger partial charge in [-0.3, -0.25) is 0 Å². The minimum absolute atomic E-state index is 0.482. The molecular weight excluding hydrogens is 225 g/mol. The van der Waals surface area contributed by atoms with Crippen LogP contribution in [0.4, 0.5) is 10.2 Å². The van der Waals surface area contributed by atoms with Crippen LogP contribution in [0.2, 0.25) is 0 Å². The molecular formula is C11H10FN3S. The van der Waals surface area contributed by atoms with E-state index in [-0.39, 0.29) is 0 Å². The molecule has 1 aromatic rings. The number of allylic oxidation sites excluding steroid dienone is 2. The molecule has 1 aromatic heterocycles. The summed E-state index contributed by atoms with van der Waals surface area (Å²) in [6.07, 6.45) is 2.65. The van der Waals surface area contributed by atoms with Crippen molar-refractivity contribution in [1.29, 1.82) is 0 Å². The molecule has 82 valence electrons. The van der Waals surface area contributed by atoms with Crippen LogP contribution in [0, 0.1) is 13.0 Å². The highest BCUT2D eigenvalue weighted by Crippen LogP contribution is 2.40. The molecule has 0 spiro atoms. The number of thioether (sulfide) groups is 1. The number of hydrogen-bond donors (Lipinski definition) is 1. The molecule has 0 saturated carbocycles. The van der Waals surface area contributed by atoms with E-state index in [2.05, 4.69) is 28.4 Å². The molecule has 0 radical (unpaired) electrons. The van der Waals surface area contributed by atoms with Crippen LogP contribution in [0.25, 0.3) is 0 Å². The fourth-order valence-electron chi connectivity index (χ4n) is 1.39. The first-order chi connectivity index (χ1) is 7.65. The largest absolute Gasteiger partial charge is 0.338 e. The number of halogens is 1. The van der Waals surface area contributed by atoms with Gasteiger partial charge in [0, 0.05) is 4.91 Å². The van der Waals surface area contributed by atoms with E-state index in [0.717, 1.165) is 15.5 Å². The van der Waals surface area contributed by atoms with Crippen molar-refractivity contribution in [2.75, 3.05) is 5.32 Å². The van der Waals surface area contributed by atoms with Crippen molar-refractivity contribution >= 4 is 17.6 Å². The zero-order valence-electron chi connectivity index (χ0n) is 8.75. The fourth-order valence-corrected chi connectivity index (χ4v) is 2.33. The molecule has 3 nitrogen and oxygen atoms in total. The Kier molecular flexibility index (Phi) is 2.78. The van der Waals surface area contributed by atoms with Crippen LogP contribution in [0.15, 0.2) is 40.8 Å². The van der Waals surface area contributed by atoms with Crippen molar-refractivity contribution in [2.45, 2.75) is 11.8 Å². The molecule has 0 saturated heterocycles. The van der Waals surface area contributed by atoms with Crippen molar-refractivity contribution in [2.24, 2.45) is 0 Å². The van der Waals surface area contributed by atoms with Gasteiger partial charge in [-0.1, -0.05) is 31.0 Å². The van der Waals surface area contributed by atoms with Gasteiger partial charge in [0.25, 0.3) is 0 Å². The van der Waals surface area contributed by atoms with Gasteiger partial charge in [-0.05, 0) is 13.0 Å².